The fourth-order valence-corrected chi connectivity index (χ4v) is 2.86. The van der Waals surface area contributed by atoms with Gasteiger partial charge in [0.1, 0.15) is 11.8 Å². The normalized spacial score (nSPS) is 15.9. The fraction of sp³-hybridized carbons (Fsp3) is 0.421. The van der Waals surface area contributed by atoms with E-state index in [4.69, 9.17) is 15.9 Å². The third-order valence-corrected chi connectivity index (χ3v) is 4.41. The summed E-state index contributed by atoms with van der Waals surface area (Å²) in [7, 11) is 4.93. The van der Waals surface area contributed by atoms with E-state index in [9.17, 15) is 4.79 Å². The molecule has 23 heavy (non-hydrogen) atoms. The van der Waals surface area contributed by atoms with Crippen LogP contribution in [0.15, 0.2) is 23.8 Å². The second kappa shape index (κ2) is 7.34. The van der Waals surface area contributed by atoms with Crippen molar-refractivity contribution < 1.29 is 14.3 Å². The van der Waals surface area contributed by atoms with Crippen LogP contribution in [-0.2, 0) is 16.0 Å². The fourth-order valence-electron chi connectivity index (χ4n) is 2.86. The number of methoxy groups -OCH3 is 2. The van der Waals surface area contributed by atoms with Gasteiger partial charge in [0.25, 0.3) is 0 Å². The number of likely N-dealkylation sites (N-methyl/N-ethyl adjacent to an activating group) is 1. The minimum absolute atomic E-state index is 0.155. The minimum Gasteiger partial charge on any atom is -0.497 e. The van der Waals surface area contributed by atoms with Crippen LogP contribution in [0.25, 0.3) is 6.08 Å². The lowest BCUT2D eigenvalue weighted by molar-refractivity contribution is -0.145. The number of nitrogens with zero attached hydrogens (tertiary/aromatic N) is 1. The standard InChI is InChI=1S/C19H23NO3/c1-6-13(2)20(3)18(19(21)23-5)16-8-7-15-12-17(22-4)10-9-14(15)11-16/h1,9-13,18H,7-8H2,2-5H3/t13-,18-/m1/s1. The Morgan fingerprint density at radius 2 is 2.09 bits per heavy atom. The highest BCUT2D eigenvalue weighted by Crippen LogP contribution is 2.30. The van der Waals surface area contributed by atoms with Crippen LogP contribution in [0.1, 0.15) is 24.5 Å². The second-order valence-corrected chi connectivity index (χ2v) is 5.72. The molecule has 4 heteroatoms. The van der Waals surface area contributed by atoms with Gasteiger partial charge in [-0.25, -0.2) is 4.79 Å². The van der Waals surface area contributed by atoms with Crippen LogP contribution in [0.4, 0.5) is 0 Å². The third-order valence-electron chi connectivity index (χ3n) is 4.41. The summed E-state index contributed by atoms with van der Waals surface area (Å²) in [5.41, 5.74) is 3.37. The van der Waals surface area contributed by atoms with E-state index in [2.05, 4.69) is 12.0 Å². The van der Waals surface area contributed by atoms with E-state index in [-0.39, 0.29) is 12.0 Å². The van der Waals surface area contributed by atoms with E-state index in [1.165, 1.54) is 12.7 Å². The Bertz CT molecular complexity index is 657. The van der Waals surface area contributed by atoms with E-state index in [1.54, 1.807) is 7.11 Å². The zero-order valence-corrected chi connectivity index (χ0v) is 14.1. The lowest BCUT2D eigenvalue weighted by atomic mass is 9.87. The summed E-state index contributed by atoms with van der Waals surface area (Å²) in [6.45, 7) is 1.90. The van der Waals surface area contributed by atoms with E-state index >= 15 is 0 Å². The first-order chi connectivity index (χ1) is 11.0. The second-order valence-electron chi connectivity index (χ2n) is 5.72. The monoisotopic (exact) mass is 313 g/mol. The highest BCUT2D eigenvalue weighted by atomic mass is 16.5. The number of terminal acetylenes is 1. The van der Waals surface area contributed by atoms with E-state index in [0.29, 0.717) is 0 Å². The minimum atomic E-state index is -0.457. The maximum Gasteiger partial charge on any atom is 0.327 e. The van der Waals surface area contributed by atoms with Crippen molar-refractivity contribution in [2.24, 2.45) is 0 Å². The van der Waals surface area contributed by atoms with Gasteiger partial charge in [-0.1, -0.05) is 18.1 Å². The highest BCUT2D eigenvalue weighted by Gasteiger charge is 2.31. The van der Waals surface area contributed by atoms with Gasteiger partial charge in [-0.05, 0) is 55.6 Å². The Labute approximate surface area is 138 Å². The number of esters is 1. The smallest absolute Gasteiger partial charge is 0.327 e. The summed E-state index contributed by atoms with van der Waals surface area (Å²) in [5.74, 6) is 3.24. The molecule has 2 atom stereocenters. The molecule has 122 valence electrons. The number of hydrogen-bond acceptors (Lipinski definition) is 4. The summed E-state index contributed by atoms with van der Waals surface area (Å²) in [4.78, 5) is 14.2. The molecule has 0 saturated carbocycles. The molecule has 0 aliphatic heterocycles. The molecule has 0 spiro atoms. The molecule has 1 aliphatic carbocycles. The lowest BCUT2D eigenvalue weighted by Gasteiger charge is -2.32. The van der Waals surface area contributed by atoms with Gasteiger partial charge in [-0.3, -0.25) is 4.90 Å². The van der Waals surface area contributed by atoms with Gasteiger partial charge in [-0.15, -0.1) is 6.42 Å². The molecular formula is C19H23NO3. The average molecular weight is 313 g/mol. The molecule has 2 rings (SSSR count). The van der Waals surface area contributed by atoms with Crippen LogP contribution < -0.4 is 4.74 Å². The molecule has 0 bridgehead atoms. The Balaban J connectivity index is 2.38. The number of ether oxygens (including phenoxy) is 2. The molecule has 0 amide bonds. The van der Waals surface area contributed by atoms with Gasteiger partial charge in [0.2, 0.25) is 0 Å². The van der Waals surface area contributed by atoms with Crippen molar-refractivity contribution in [2.45, 2.75) is 31.8 Å². The molecular weight excluding hydrogens is 290 g/mol. The van der Waals surface area contributed by atoms with E-state index in [1.807, 2.05) is 37.1 Å². The van der Waals surface area contributed by atoms with Crippen LogP contribution in [0.5, 0.6) is 5.75 Å². The summed E-state index contributed by atoms with van der Waals surface area (Å²) in [6, 6.07) is 5.38. The van der Waals surface area contributed by atoms with Crippen molar-refractivity contribution in [3.05, 3.63) is 34.9 Å². The predicted octanol–water partition coefficient (Wildman–Crippen LogP) is 2.52. The maximum atomic E-state index is 12.3. The van der Waals surface area contributed by atoms with Gasteiger partial charge in [0.05, 0.1) is 20.3 Å². The molecule has 0 heterocycles. The van der Waals surface area contributed by atoms with Gasteiger partial charge in [0, 0.05) is 0 Å². The SMILES string of the molecule is C#C[C@@H](C)N(C)[C@@H](C(=O)OC)C1=Cc2ccc(OC)cc2CC1. The van der Waals surface area contributed by atoms with Crippen molar-refractivity contribution in [2.75, 3.05) is 21.3 Å². The first kappa shape index (κ1) is 17.1. The highest BCUT2D eigenvalue weighted by molar-refractivity contribution is 5.82. The molecule has 4 nitrogen and oxygen atoms in total. The number of rotatable bonds is 5. The topological polar surface area (TPSA) is 38.8 Å². The molecule has 0 saturated heterocycles. The predicted molar refractivity (Wildman–Crippen MR) is 91.2 cm³/mol. The Morgan fingerprint density at radius 3 is 2.70 bits per heavy atom. The van der Waals surface area contributed by atoms with Crippen LogP contribution in [-0.4, -0.2) is 44.2 Å². The van der Waals surface area contributed by atoms with Crippen LogP contribution >= 0.6 is 0 Å². The van der Waals surface area contributed by atoms with Crippen LogP contribution in [0.2, 0.25) is 0 Å². The summed E-state index contributed by atoms with van der Waals surface area (Å²) >= 11 is 0. The van der Waals surface area contributed by atoms with Gasteiger partial charge >= 0.3 is 5.97 Å². The largest absolute Gasteiger partial charge is 0.497 e. The van der Waals surface area contributed by atoms with Crippen molar-refractivity contribution in [3.8, 4) is 18.1 Å². The molecule has 0 N–H and O–H groups in total. The number of fused-ring (bicyclic) bond motifs is 1. The number of carbonyl (C=O) groups is 1. The van der Waals surface area contributed by atoms with Crippen molar-refractivity contribution in [3.63, 3.8) is 0 Å². The summed E-state index contributed by atoms with van der Waals surface area (Å²) < 4.78 is 10.3. The summed E-state index contributed by atoms with van der Waals surface area (Å²) in [5, 5.41) is 0. The molecule has 0 radical (unpaired) electrons. The number of benzene rings is 1. The van der Waals surface area contributed by atoms with Crippen molar-refractivity contribution in [1.82, 2.24) is 4.90 Å². The number of carbonyl (C=O) groups excluding carboxylic acids is 1. The molecule has 1 aromatic rings. The van der Waals surface area contributed by atoms with Crippen LogP contribution in [0, 0.1) is 12.3 Å². The Morgan fingerprint density at radius 1 is 1.35 bits per heavy atom. The maximum absolute atomic E-state index is 12.3. The zero-order chi connectivity index (χ0) is 17.0. The molecule has 0 fully saturated rings. The lowest BCUT2D eigenvalue weighted by Crippen LogP contribution is -2.45. The van der Waals surface area contributed by atoms with E-state index < -0.39 is 6.04 Å². The third kappa shape index (κ3) is 3.57. The molecule has 1 aromatic carbocycles. The van der Waals surface area contributed by atoms with Gasteiger partial charge in [-0.2, -0.15) is 0 Å². The Hall–Kier alpha value is -2.25. The number of hydrogen-bond donors (Lipinski definition) is 0. The average Bonchev–Trinajstić information content (AvgIpc) is 2.60. The quantitative estimate of drug-likeness (QED) is 0.618. The van der Waals surface area contributed by atoms with Gasteiger partial charge < -0.3 is 9.47 Å². The molecule has 1 aliphatic rings. The first-order valence-corrected chi connectivity index (χ1v) is 7.65. The van der Waals surface area contributed by atoms with Crippen molar-refractivity contribution >= 4 is 12.0 Å². The Kier molecular flexibility index (Phi) is 5.46. The van der Waals surface area contributed by atoms with Gasteiger partial charge in [0.15, 0.2) is 0 Å². The summed E-state index contributed by atoms with van der Waals surface area (Å²) in [6.07, 6.45) is 9.24. The van der Waals surface area contributed by atoms with E-state index in [0.717, 1.165) is 29.7 Å². The first-order valence-electron chi connectivity index (χ1n) is 7.65. The molecule has 0 aromatic heterocycles. The van der Waals surface area contributed by atoms with Crippen molar-refractivity contribution in [1.29, 1.82) is 0 Å². The number of aryl methyl sites for hydroxylation is 1. The molecule has 0 unspecified atom stereocenters. The zero-order valence-electron chi connectivity index (χ0n) is 14.1. The van der Waals surface area contributed by atoms with Crippen LogP contribution in [0.3, 0.4) is 0 Å².